The number of rotatable bonds is 2. The molecule has 0 aliphatic carbocycles. The second-order valence-electron chi connectivity index (χ2n) is 5.72. The van der Waals surface area contributed by atoms with Crippen LogP contribution >= 0.6 is 23.2 Å². The van der Waals surface area contributed by atoms with E-state index in [-0.39, 0.29) is 5.91 Å². The minimum atomic E-state index is -0.490. The van der Waals surface area contributed by atoms with E-state index in [0.29, 0.717) is 27.2 Å². The average molecular weight is 370 g/mol. The third kappa shape index (κ3) is 2.97. The summed E-state index contributed by atoms with van der Waals surface area (Å²) in [5.74, 6) is 0.681. The van der Waals surface area contributed by atoms with Crippen molar-refractivity contribution in [3.8, 4) is 11.5 Å². The first kappa shape index (κ1) is 16.0. The highest BCUT2D eigenvalue weighted by atomic mass is 35.5. The van der Waals surface area contributed by atoms with Gasteiger partial charge in [-0.15, -0.1) is 0 Å². The Labute approximate surface area is 155 Å². The second kappa shape index (κ2) is 6.43. The summed E-state index contributed by atoms with van der Waals surface area (Å²) in [6, 6.07) is 20.0. The van der Waals surface area contributed by atoms with Gasteiger partial charge in [0.1, 0.15) is 11.5 Å². The van der Waals surface area contributed by atoms with E-state index in [4.69, 9.17) is 27.9 Å². The average Bonchev–Trinajstić information content (AvgIpc) is 2.62. The molecule has 1 heterocycles. The lowest BCUT2D eigenvalue weighted by atomic mass is 9.87. The fourth-order valence-electron chi connectivity index (χ4n) is 2.99. The van der Waals surface area contributed by atoms with E-state index in [2.05, 4.69) is 5.32 Å². The molecule has 0 saturated carbocycles. The highest BCUT2D eigenvalue weighted by Gasteiger charge is 2.32. The molecular formula is C20H13Cl2NO2. The van der Waals surface area contributed by atoms with Gasteiger partial charge in [0.2, 0.25) is 5.91 Å². The van der Waals surface area contributed by atoms with Crippen molar-refractivity contribution >= 4 is 34.8 Å². The molecule has 3 aromatic carbocycles. The third-order valence-electron chi connectivity index (χ3n) is 4.13. The smallest absolute Gasteiger partial charge is 0.236 e. The van der Waals surface area contributed by atoms with E-state index in [1.54, 1.807) is 18.2 Å². The van der Waals surface area contributed by atoms with Crippen LogP contribution in [-0.4, -0.2) is 5.91 Å². The molecule has 0 aromatic heterocycles. The number of nitrogens with one attached hydrogen (secondary N) is 1. The van der Waals surface area contributed by atoms with E-state index in [1.165, 1.54) is 0 Å². The number of anilines is 1. The summed E-state index contributed by atoms with van der Waals surface area (Å²) in [4.78, 5) is 13.1. The molecule has 0 fully saturated rings. The predicted molar refractivity (Wildman–Crippen MR) is 99.9 cm³/mol. The van der Waals surface area contributed by atoms with E-state index in [9.17, 15) is 4.79 Å². The number of fused-ring (bicyclic) bond motifs is 2. The van der Waals surface area contributed by atoms with Gasteiger partial charge in [-0.05, 0) is 30.3 Å². The molecule has 1 N–H and O–H groups in total. The predicted octanol–water partition coefficient (Wildman–Crippen LogP) is 5.87. The van der Waals surface area contributed by atoms with Crippen molar-refractivity contribution < 1.29 is 9.53 Å². The standard InChI is InChI=1S/C20H13Cl2NO2/c21-12-9-10-15(22)16(11-12)23-20(24)19-13-5-1-3-7-17(13)25-18-8-4-2-6-14(18)19/h1-11,19H,(H,23,24). The minimum Gasteiger partial charge on any atom is -0.457 e. The maximum atomic E-state index is 13.1. The molecule has 0 radical (unpaired) electrons. The monoisotopic (exact) mass is 369 g/mol. The molecular weight excluding hydrogens is 357 g/mol. The zero-order valence-corrected chi connectivity index (χ0v) is 14.5. The van der Waals surface area contributed by atoms with Gasteiger partial charge in [-0.2, -0.15) is 0 Å². The van der Waals surface area contributed by atoms with Crippen molar-refractivity contribution in [3.05, 3.63) is 87.9 Å². The van der Waals surface area contributed by atoms with Crippen molar-refractivity contribution in [3.63, 3.8) is 0 Å². The first-order valence-electron chi connectivity index (χ1n) is 7.75. The Balaban J connectivity index is 1.76. The highest BCUT2D eigenvalue weighted by molar-refractivity contribution is 6.35. The Hall–Kier alpha value is -2.49. The van der Waals surface area contributed by atoms with Gasteiger partial charge in [0.15, 0.2) is 0 Å². The molecule has 124 valence electrons. The minimum absolute atomic E-state index is 0.188. The van der Waals surface area contributed by atoms with Crippen molar-refractivity contribution in [2.75, 3.05) is 5.32 Å². The van der Waals surface area contributed by atoms with Crippen LogP contribution in [-0.2, 0) is 4.79 Å². The number of hydrogen-bond donors (Lipinski definition) is 1. The van der Waals surface area contributed by atoms with Crippen LogP contribution < -0.4 is 10.1 Å². The van der Waals surface area contributed by atoms with Crippen LogP contribution in [0.2, 0.25) is 10.0 Å². The molecule has 5 heteroatoms. The van der Waals surface area contributed by atoms with E-state index in [1.807, 2.05) is 48.5 Å². The van der Waals surface area contributed by atoms with Crippen LogP contribution in [0.4, 0.5) is 5.69 Å². The molecule has 4 rings (SSSR count). The number of ether oxygens (including phenoxy) is 1. The molecule has 1 aliphatic heterocycles. The molecule has 3 aromatic rings. The zero-order valence-electron chi connectivity index (χ0n) is 13.0. The van der Waals surface area contributed by atoms with Gasteiger partial charge in [0.05, 0.1) is 16.6 Å². The number of carbonyl (C=O) groups is 1. The van der Waals surface area contributed by atoms with Crippen LogP contribution in [0.15, 0.2) is 66.7 Å². The lowest BCUT2D eigenvalue weighted by Gasteiger charge is -2.27. The largest absolute Gasteiger partial charge is 0.457 e. The number of halogens is 2. The van der Waals surface area contributed by atoms with Crippen molar-refractivity contribution in [1.82, 2.24) is 0 Å². The fraction of sp³-hybridized carbons (Fsp3) is 0.0500. The molecule has 1 amide bonds. The van der Waals surface area contributed by atoms with Crippen LogP contribution in [0.3, 0.4) is 0 Å². The normalized spacial score (nSPS) is 12.7. The number of benzene rings is 3. The molecule has 0 bridgehead atoms. The van der Waals surface area contributed by atoms with Gasteiger partial charge in [-0.25, -0.2) is 0 Å². The molecule has 0 saturated heterocycles. The zero-order chi connectivity index (χ0) is 17.4. The van der Waals surface area contributed by atoms with Gasteiger partial charge in [0.25, 0.3) is 0 Å². The Morgan fingerprint density at radius 2 is 1.48 bits per heavy atom. The summed E-state index contributed by atoms with van der Waals surface area (Å²) >= 11 is 12.2. The summed E-state index contributed by atoms with van der Waals surface area (Å²) in [6.45, 7) is 0. The van der Waals surface area contributed by atoms with Crippen LogP contribution in [0.5, 0.6) is 11.5 Å². The van der Waals surface area contributed by atoms with Crippen LogP contribution in [0.25, 0.3) is 0 Å². The van der Waals surface area contributed by atoms with E-state index in [0.717, 1.165) is 11.1 Å². The van der Waals surface area contributed by atoms with Gasteiger partial charge in [-0.3, -0.25) is 4.79 Å². The molecule has 0 spiro atoms. The van der Waals surface area contributed by atoms with E-state index >= 15 is 0 Å². The summed E-state index contributed by atoms with van der Waals surface area (Å²) in [6.07, 6.45) is 0. The van der Waals surface area contributed by atoms with Gasteiger partial charge >= 0.3 is 0 Å². The quantitative estimate of drug-likeness (QED) is 0.613. The summed E-state index contributed by atoms with van der Waals surface area (Å²) in [5, 5.41) is 3.84. The van der Waals surface area contributed by atoms with Crippen molar-refractivity contribution in [2.45, 2.75) is 5.92 Å². The molecule has 0 atom stereocenters. The first-order valence-corrected chi connectivity index (χ1v) is 8.51. The summed E-state index contributed by atoms with van der Waals surface area (Å²) in [5.41, 5.74) is 2.12. The first-order chi connectivity index (χ1) is 12.1. The van der Waals surface area contributed by atoms with Gasteiger partial charge in [-0.1, -0.05) is 59.6 Å². The number of hydrogen-bond acceptors (Lipinski definition) is 2. The van der Waals surface area contributed by atoms with Gasteiger partial charge in [0, 0.05) is 16.1 Å². The fourth-order valence-corrected chi connectivity index (χ4v) is 3.33. The van der Waals surface area contributed by atoms with Gasteiger partial charge < -0.3 is 10.1 Å². The summed E-state index contributed by atoms with van der Waals surface area (Å²) < 4.78 is 5.92. The maximum Gasteiger partial charge on any atom is 0.236 e. The molecule has 3 nitrogen and oxygen atoms in total. The SMILES string of the molecule is O=C(Nc1cc(Cl)ccc1Cl)C1c2ccccc2Oc2ccccc21. The van der Waals surface area contributed by atoms with E-state index < -0.39 is 5.92 Å². The highest BCUT2D eigenvalue weighted by Crippen LogP contribution is 2.44. The van der Waals surface area contributed by atoms with Crippen molar-refractivity contribution in [1.29, 1.82) is 0 Å². The molecule has 0 unspecified atom stereocenters. The Kier molecular flexibility index (Phi) is 4.12. The third-order valence-corrected chi connectivity index (χ3v) is 4.69. The van der Waals surface area contributed by atoms with Crippen LogP contribution in [0, 0.1) is 0 Å². The number of amides is 1. The lowest BCUT2D eigenvalue weighted by Crippen LogP contribution is -2.25. The number of para-hydroxylation sites is 2. The van der Waals surface area contributed by atoms with Crippen molar-refractivity contribution in [2.24, 2.45) is 0 Å². The maximum absolute atomic E-state index is 13.1. The topological polar surface area (TPSA) is 38.3 Å². The molecule has 25 heavy (non-hydrogen) atoms. The molecule has 1 aliphatic rings. The Morgan fingerprint density at radius 3 is 2.12 bits per heavy atom. The second-order valence-corrected chi connectivity index (χ2v) is 6.57. The number of carbonyl (C=O) groups excluding carboxylic acids is 1. The Bertz CT molecular complexity index is 926. The summed E-state index contributed by atoms with van der Waals surface area (Å²) in [7, 11) is 0. The Morgan fingerprint density at radius 1 is 0.880 bits per heavy atom. The van der Waals surface area contributed by atoms with Crippen LogP contribution in [0.1, 0.15) is 17.0 Å². The lowest BCUT2D eigenvalue weighted by molar-refractivity contribution is -0.116.